The van der Waals surface area contributed by atoms with Crippen LogP contribution < -0.4 is 0 Å². The van der Waals surface area contributed by atoms with Gasteiger partial charge in [0, 0.05) is 0 Å². The number of halogens is 2. The first-order chi connectivity index (χ1) is 26.7. The van der Waals surface area contributed by atoms with Crippen LogP contribution in [0.2, 0.25) is 3.63 Å². The summed E-state index contributed by atoms with van der Waals surface area (Å²) in [4.78, 5) is 0. The Bertz CT molecular complexity index is 2270. The molecule has 3 unspecified atom stereocenters. The molecule has 0 aliphatic heterocycles. The first kappa shape index (κ1) is 39.0. The van der Waals surface area contributed by atoms with Crippen LogP contribution in [0.3, 0.4) is 0 Å². The van der Waals surface area contributed by atoms with Gasteiger partial charge in [0.1, 0.15) is 0 Å². The first-order valence-electron chi connectivity index (χ1n) is 20.5. The van der Waals surface area contributed by atoms with Gasteiger partial charge in [0.2, 0.25) is 0 Å². The van der Waals surface area contributed by atoms with Crippen molar-refractivity contribution in [3.8, 4) is 0 Å². The van der Waals surface area contributed by atoms with Crippen LogP contribution >= 0.6 is 24.8 Å². The Hall–Kier alpha value is -3.87. The molecular weight excluding hydrogens is 799 g/mol. The molecule has 1 saturated carbocycles. The van der Waals surface area contributed by atoms with Crippen LogP contribution in [-0.2, 0) is 24.7 Å². The van der Waals surface area contributed by atoms with E-state index >= 15 is 0 Å². The van der Waals surface area contributed by atoms with Gasteiger partial charge in [-0.15, -0.1) is 24.8 Å². The molecule has 0 radical (unpaired) electrons. The Morgan fingerprint density at radius 3 is 1.64 bits per heavy atom. The maximum atomic E-state index is 6.31. The Kier molecular flexibility index (Phi) is 11.0. The third-order valence-corrected chi connectivity index (χ3v) is 34.7. The van der Waals surface area contributed by atoms with Crippen LogP contribution in [0.15, 0.2) is 196 Å². The Morgan fingerprint density at radius 1 is 0.571 bits per heavy atom. The van der Waals surface area contributed by atoms with E-state index in [1.54, 1.807) is 20.0 Å². The zero-order valence-electron chi connectivity index (χ0n) is 32.1. The topological polar surface area (TPSA) is 0 Å². The summed E-state index contributed by atoms with van der Waals surface area (Å²) in [6.45, 7) is 0. The van der Waals surface area contributed by atoms with Crippen LogP contribution in [0.5, 0.6) is 0 Å². The molecule has 56 heavy (non-hydrogen) atoms. The van der Waals surface area contributed by atoms with Crippen LogP contribution in [0.25, 0.3) is 5.57 Å². The van der Waals surface area contributed by atoms with Crippen LogP contribution in [0.1, 0.15) is 79.2 Å². The van der Waals surface area contributed by atoms with E-state index in [2.05, 4.69) is 176 Å². The van der Waals surface area contributed by atoms with E-state index in [9.17, 15) is 0 Å². The van der Waals surface area contributed by atoms with Crippen LogP contribution in [-0.4, -0.2) is 4.21 Å². The molecule has 5 aliphatic rings. The second kappa shape index (κ2) is 15.8. The molecule has 0 bridgehead atoms. The number of hydrogen-bond donors (Lipinski definition) is 0. The van der Waals surface area contributed by atoms with Gasteiger partial charge in [0.15, 0.2) is 0 Å². The summed E-state index contributed by atoms with van der Waals surface area (Å²) in [6, 6.07) is 56.1. The van der Waals surface area contributed by atoms with Gasteiger partial charge in [-0.1, -0.05) is 0 Å². The Labute approximate surface area is 347 Å². The van der Waals surface area contributed by atoms with Crippen molar-refractivity contribution in [2.75, 3.05) is 0 Å². The summed E-state index contributed by atoms with van der Waals surface area (Å²) < 4.78 is 8.71. The summed E-state index contributed by atoms with van der Waals surface area (Å²) in [7, 11) is 0. The molecular formula is C53H52Cl2Zr. The molecule has 5 aliphatic carbocycles. The van der Waals surface area contributed by atoms with E-state index in [1.807, 2.05) is 5.57 Å². The van der Waals surface area contributed by atoms with E-state index in [1.165, 1.54) is 65.5 Å². The van der Waals surface area contributed by atoms with Crippen molar-refractivity contribution in [1.82, 2.24) is 0 Å². The van der Waals surface area contributed by atoms with Gasteiger partial charge in [0.25, 0.3) is 0 Å². The molecule has 0 amide bonds. The second-order valence-corrected chi connectivity index (χ2v) is 31.4. The normalized spacial score (nSPS) is 21.1. The van der Waals surface area contributed by atoms with Crippen LogP contribution in [0.4, 0.5) is 0 Å². The van der Waals surface area contributed by atoms with Gasteiger partial charge in [-0.2, -0.15) is 0 Å². The molecule has 0 N–H and O–H groups in total. The standard InChI is InChI=1S/C21H21.2C13H11.C5H5.CH2.2ClH.Zr/c1-2-8-15-14(7-1)13-20-18-11-4-3-9-16(18)17-10-5-6-12-19(17)21(15)20;2*1-3-7-12(8-4-1)11-13-9-5-2-6-10-13;1-2-4-5-3-1;;;;/h1-2,6-8,11-12,16-17H,3-5,9-10,13H2;2*1-11H;1-3H,4H2;1H2;2*1H;. The average Bonchev–Trinajstić information content (AvgIpc) is 3.93. The Morgan fingerprint density at radius 2 is 1.11 bits per heavy atom. The van der Waals surface area contributed by atoms with Gasteiger partial charge in [-0.25, -0.2) is 0 Å². The fourth-order valence-corrected chi connectivity index (χ4v) is 35.7. The van der Waals surface area contributed by atoms with Crippen molar-refractivity contribution >= 4 is 34.6 Å². The number of fused-ring (bicyclic) bond motifs is 6. The number of benzene rings is 5. The number of rotatable bonds is 8. The molecule has 0 saturated heterocycles. The summed E-state index contributed by atoms with van der Waals surface area (Å²) in [5.74, 6) is 1.13. The molecule has 10 rings (SSSR count). The van der Waals surface area contributed by atoms with E-state index in [4.69, 9.17) is 4.21 Å². The molecule has 0 heterocycles. The molecule has 0 spiro atoms. The minimum absolute atomic E-state index is 0. The van der Waals surface area contributed by atoms with Crippen LogP contribution in [0, 0.1) is 11.8 Å². The van der Waals surface area contributed by atoms with Gasteiger partial charge in [-0.05, 0) is 0 Å². The Balaban J connectivity index is 0.00000220. The monoisotopic (exact) mass is 848 g/mol. The molecule has 5 aromatic carbocycles. The van der Waals surface area contributed by atoms with Crippen molar-refractivity contribution in [1.29, 1.82) is 0 Å². The summed E-state index contributed by atoms with van der Waals surface area (Å²) in [5, 5.41) is 0. The minimum atomic E-state index is -5.14. The van der Waals surface area contributed by atoms with E-state index in [0.29, 0.717) is 15.5 Å². The summed E-state index contributed by atoms with van der Waals surface area (Å²) in [5.41, 5.74) is 15.4. The molecule has 3 atom stereocenters. The third-order valence-electron chi connectivity index (χ3n) is 14.5. The van der Waals surface area contributed by atoms with Crippen molar-refractivity contribution in [3.63, 3.8) is 0 Å². The molecule has 5 aromatic rings. The van der Waals surface area contributed by atoms with Gasteiger partial charge < -0.3 is 0 Å². The summed E-state index contributed by atoms with van der Waals surface area (Å²) in [6.07, 6.45) is 20.6. The third kappa shape index (κ3) is 5.91. The quantitative estimate of drug-likeness (QED) is 0.146. The fourth-order valence-electron chi connectivity index (χ4n) is 12.7. The second-order valence-electron chi connectivity index (χ2n) is 16.8. The number of allylic oxidation sites excluding steroid dienone is 10. The van der Waals surface area contributed by atoms with Crippen molar-refractivity contribution in [2.24, 2.45) is 11.8 Å². The number of hydrogen-bond acceptors (Lipinski definition) is 0. The summed E-state index contributed by atoms with van der Waals surface area (Å²) >= 11 is -5.14. The zero-order valence-corrected chi connectivity index (χ0v) is 36.2. The van der Waals surface area contributed by atoms with Gasteiger partial charge in [-0.3, -0.25) is 0 Å². The van der Waals surface area contributed by atoms with Crippen molar-refractivity contribution in [2.45, 2.75) is 55.8 Å². The predicted molar refractivity (Wildman–Crippen MR) is 240 cm³/mol. The molecule has 1 fully saturated rings. The molecule has 3 heteroatoms. The predicted octanol–water partition coefficient (Wildman–Crippen LogP) is 14.2. The first-order valence-corrected chi connectivity index (χ1v) is 27.7. The SMILES string of the molecule is Cl.Cl.[CH2]=[Zr]([C]1=CC=CC1)([CH]1CCCC2C1=C1Cc3ccccc3C1=C1C=CCCC12)([CH](c1ccccc1)c1ccccc1)[CH](c1ccccc1)c1ccccc1. The van der Waals surface area contributed by atoms with Crippen molar-refractivity contribution < 1.29 is 18.3 Å². The van der Waals surface area contributed by atoms with Gasteiger partial charge in [0.05, 0.1) is 0 Å². The van der Waals surface area contributed by atoms with E-state index in [0.717, 1.165) is 12.8 Å². The molecule has 282 valence electrons. The molecule has 0 nitrogen and oxygen atoms in total. The maximum absolute atomic E-state index is 6.31. The van der Waals surface area contributed by atoms with E-state index in [-0.39, 0.29) is 32.1 Å². The average molecular weight is 851 g/mol. The zero-order chi connectivity index (χ0) is 36.1. The fraction of sp³-hybridized carbons (Fsp3) is 0.226. The van der Waals surface area contributed by atoms with Crippen molar-refractivity contribution in [3.05, 3.63) is 229 Å². The van der Waals surface area contributed by atoms with Gasteiger partial charge >= 0.3 is 325 Å². The van der Waals surface area contributed by atoms with E-state index < -0.39 is 18.3 Å². The molecule has 0 aromatic heterocycles.